The van der Waals surface area contributed by atoms with Gasteiger partial charge in [0.2, 0.25) is 11.8 Å². The molecule has 0 aliphatic carbocycles. The molecule has 0 aromatic heterocycles. The molecule has 0 spiro atoms. The largest absolute Gasteiger partial charge is 0.496 e. The fraction of sp³-hybridized carbons (Fsp3) is 0.286. The van der Waals surface area contributed by atoms with Crippen molar-refractivity contribution in [3.63, 3.8) is 0 Å². The Labute approximate surface area is 163 Å². The summed E-state index contributed by atoms with van der Waals surface area (Å²) in [6.45, 7) is 1.87. The predicted octanol–water partition coefficient (Wildman–Crippen LogP) is 1.52. The number of hydrogen-bond donors (Lipinski definition) is 2. The maximum atomic E-state index is 12.7. The van der Waals surface area contributed by atoms with Crippen molar-refractivity contribution in [3.8, 4) is 5.75 Å². The molecule has 1 aliphatic heterocycles. The summed E-state index contributed by atoms with van der Waals surface area (Å²) >= 11 is 0. The first-order valence-electron chi connectivity index (χ1n) is 9.11. The van der Waals surface area contributed by atoms with Gasteiger partial charge in [0.05, 0.1) is 18.4 Å². The summed E-state index contributed by atoms with van der Waals surface area (Å²) in [7, 11) is 1.61. The monoisotopic (exact) mass is 381 g/mol. The van der Waals surface area contributed by atoms with E-state index in [1.54, 1.807) is 38.3 Å². The van der Waals surface area contributed by atoms with Gasteiger partial charge in [-0.15, -0.1) is 0 Å². The smallest absolute Gasteiger partial charge is 0.254 e. The lowest BCUT2D eigenvalue weighted by Gasteiger charge is -2.23. The molecule has 0 radical (unpaired) electrons. The van der Waals surface area contributed by atoms with E-state index in [4.69, 9.17) is 4.74 Å². The fourth-order valence-corrected chi connectivity index (χ4v) is 3.20. The van der Waals surface area contributed by atoms with Crippen LogP contribution in [0.25, 0.3) is 0 Å². The van der Waals surface area contributed by atoms with E-state index in [0.717, 1.165) is 11.3 Å². The van der Waals surface area contributed by atoms with Crippen LogP contribution in [-0.2, 0) is 16.0 Å². The number of amides is 3. The summed E-state index contributed by atoms with van der Waals surface area (Å²) in [5.74, 6) is -0.167. The van der Waals surface area contributed by atoms with Crippen molar-refractivity contribution >= 4 is 23.4 Å². The van der Waals surface area contributed by atoms with Gasteiger partial charge in [-0.05, 0) is 37.1 Å². The molecule has 1 atom stereocenters. The van der Waals surface area contributed by atoms with Crippen LogP contribution in [-0.4, -0.2) is 44.0 Å². The lowest BCUT2D eigenvalue weighted by molar-refractivity contribution is -0.124. The van der Waals surface area contributed by atoms with E-state index in [0.29, 0.717) is 24.2 Å². The molecular formula is C21H23N3O4. The molecule has 0 saturated carbocycles. The van der Waals surface area contributed by atoms with Gasteiger partial charge in [0, 0.05) is 6.54 Å². The number of para-hydroxylation sites is 2. The molecule has 0 saturated heterocycles. The van der Waals surface area contributed by atoms with Crippen molar-refractivity contribution in [2.75, 3.05) is 25.1 Å². The van der Waals surface area contributed by atoms with Crippen molar-refractivity contribution in [2.45, 2.75) is 19.4 Å². The number of carbonyl (C=O) groups is 3. The molecule has 7 nitrogen and oxygen atoms in total. The van der Waals surface area contributed by atoms with Crippen LogP contribution in [0.15, 0.2) is 48.5 Å². The molecule has 3 amide bonds. The third kappa shape index (κ3) is 4.14. The third-order valence-corrected chi connectivity index (χ3v) is 4.63. The van der Waals surface area contributed by atoms with Crippen molar-refractivity contribution in [2.24, 2.45) is 0 Å². The minimum Gasteiger partial charge on any atom is -0.496 e. The first-order chi connectivity index (χ1) is 13.5. The molecule has 1 aliphatic rings. The normalized spacial score (nSPS) is 16.1. The molecule has 146 valence electrons. The van der Waals surface area contributed by atoms with Crippen LogP contribution in [0.1, 0.15) is 22.8 Å². The van der Waals surface area contributed by atoms with Crippen molar-refractivity contribution < 1.29 is 19.1 Å². The number of anilines is 1. The number of methoxy groups -OCH3 is 1. The van der Waals surface area contributed by atoms with Crippen LogP contribution in [0.3, 0.4) is 0 Å². The number of ether oxygens (including phenoxy) is 1. The maximum absolute atomic E-state index is 12.7. The molecule has 2 N–H and O–H groups in total. The predicted molar refractivity (Wildman–Crippen MR) is 105 cm³/mol. The zero-order valence-electron chi connectivity index (χ0n) is 15.9. The topological polar surface area (TPSA) is 87.7 Å². The highest BCUT2D eigenvalue weighted by Crippen LogP contribution is 2.24. The highest BCUT2D eigenvalue weighted by atomic mass is 16.5. The number of nitrogens with zero attached hydrogens (tertiary/aromatic N) is 1. The van der Waals surface area contributed by atoms with Crippen LogP contribution in [0, 0.1) is 0 Å². The van der Waals surface area contributed by atoms with E-state index in [9.17, 15) is 14.4 Å². The highest BCUT2D eigenvalue weighted by molar-refractivity contribution is 6.12. The SMILES string of the molecule is COc1ccccc1CCNC(=O)CN1C(=O)C(C)NC(=O)c2ccccc21. The van der Waals surface area contributed by atoms with Gasteiger partial charge in [0.15, 0.2) is 0 Å². The van der Waals surface area contributed by atoms with Crippen molar-refractivity contribution in [3.05, 3.63) is 59.7 Å². The van der Waals surface area contributed by atoms with Crippen LogP contribution in [0.5, 0.6) is 5.75 Å². The molecule has 0 fully saturated rings. The molecule has 0 bridgehead atoms. The van der Waals surface area contributed by atoms with E-state index < -0.39 is 6.04 Å². The lowest BCUT2D eigenvalue weighted by atomic mass is 10.1. The second-order valence-corrected chi connectivity index (χ2v) is 6.55. The number of hydrogen-bond acceptors (Lipinski definition) is 4. The second kappa shape index (κ2) is 8.56. The van der Waals surface area contributed by atoms with Gasteiger partial charge in [0.1, 0.15) is 18.3 Å². The van der Waals surface area contributed by atoms with Gasteiger partial charge in [-0.25, -0.2) is 0 Å². The Morgan fingerprint density at radius 3 is 2.64 bits per heavy atom. The maximum Gasteiger partial charge on any atom is 0.254 e. The number of carbonyl (C=O) groups excluding carboxylic acids is 3. The van der Waals surface area contributed by atoms with Crippen LogP contribution in [0.4, 0.5) is 5.69 Å². The summed E-state index contributed by atoms with van der Waals surface area (Å²) in [6, 6.07) is 13.7. The summed E-state index contributed by atoms with van der Waals surface area (Å²) in [6.07, 6.45) is 0.608. The van der Waals surface area contributed by atoms with Gasteiger partial charge >= 0.3 is 0 Å². The van der Waals surface area contributed by atoms with Gasteiger partial charge in [-0.1, -0.05) is 30.3 Å². The van der Waals surface area contributed by atoms with Crippen LogP contribution >= 0.6 is 0 Å². The summed E-state index contributed by atoms with van der Waals surface area (Å²) < 4.78 is 5.31. The fourth-order valence-electron chi connectivity index (χ4n) is 3.20. The molecular weight excluding hydrogens is 358 g/mol. The van der Waals surface area contributed by atoms with Crippen LogP contribution < -0.4 is 20.3 Å². The number of fused-ring (bicyclic) bond motifs is 1. The number of rotatable bonds is 6. The first kappa shape index (κ1) is 19.4. The Kier molecular flexibility index (Phi) is 5.93. The van der Waals surface area contributed by atoms with Gasteiger partial charge in [0.25, 0.3) is 5.91 Å². The molecule has 28 heavy (non-hydrogen) atoms. The van der Waals surface area contributed by atoms with E-state index in [1.165, 1.54) is 4.90 Å². The van der Waals surface area contributed by atoms with E-state index in [-0.39, 0.29) is 24.3 Å². The summed E-state index contributed by atoms with van der Waals surface area (Å²) in [5, 5.41) is 5.49. The van der Waals surface area contributed by atoms with Gasteiger partial charge in [-0.2, -0.15) is 0 Å². The second-order valence-electron chi connectivity index (χ2n) is 6.55. The van der Waals surface area contributed by atoms with Gasteiger partial charge in [-0.3, -0.25) is 14.4 Å². The van der Waals surface area contributed by atoms with E-state index in [1.807, 2.05) is 24.3 Å². The zero-order valence-corrected chi connectivity index (χ0v) is 15.9. The quantitative estimate of drug-likeness (QED) is 0.794. The molecule has 7 heteroatoms. The number of nitrogens with one attached hydrogen (secondary N) is 2. The Morgan fingerprint density at radius 1 is 1.14 bits per heavy atom. The molecule has 1 heterocycles. The summed E-state index contributed by atoms with van der Waals surface area (Å²) in [5.41, 5.74) is 1.81. The Balaban J connectivity index is 1.67. The molecule has 2 aromatic carbocycles. The van der Waals surface area contributed by atoms with Crippen molar-refractivity contribution in [1.29, 1.82) is 0 Å². The van der Waals surface area contributed by atoms with E-state index in [2.05, 4.69) is 10.6 Å². The zero-order chi connectivity index (χ0) is 20.1. The number of benzene rings is 2. The average Bonchev–Trinajstić information content (AvgIpc) is 2.79. The molecule has 3 rings (SSSR count). The van der Waals surface area contributed by atoms with Crippen molar-refractivity contribution in [1.82, 2.24) is 10.6 Å². The van der Waals surface area contributed by atoms with Crippen LogP contribution in [0.2, 0.25) is 0 Å². The Hall–Kier alpha value is -3.35. The Bertz CT molecular complexity index is 897. The van der Waals surface area contributed by atoms with E-state index >= 15 is 0 Å². The first-order valence-corrected chi connectivity index (χ1v) is 9.11. The summed E-state index contributed by atoms with van der Waals surface area (Å²) in [4.78, 5) is 38.8. The Morgan fingerprint density at radius 2 is 1.86 bits per heavy atom. The minimum absolute atomic E-state index is 0.152. The standard InChI is InChI=1S/C21H23N3O4/c1-14-21(27)24(17-9-5-4-8-16(17)20(26)23-14)13-19(25)22-12-11-15-7-3-6-10-18(15)28-2/h3-10,14H,11-13H2,1-2H3,(H,22,25)(H,23,26). The lowest BCUT2D eigenvalue weighted by Crippen LogP contribution is -2.47. The third-order valence-electron chi connectivity index (χ3n) is 4.63. The average molecular weight is 381 g/mol. The molecule has 1 unspecified atom stereocenters. The highest BCUT2D eigenvalue weighted by Gasteiger charge is 2.32. The minimum atomic E-state index is -0.707. The molecule has 2 aromatic rings. The van der Waals surface area contributed by atoms with Gasteiger partial charge < -0.3 is 20.3 Å².